The number of ether oxygens (including phenoxy) is 3. The van der Waals surface area contributed by atoms with Gasteiger partial charge in [0.25, 0.3) is 17.1 Å². The van der Waals surface area contributed by atoms with Gasteiger partial charge >= 0.3 is 18.0 Å². The molecule has 358 valence electrons. The first kappa shape index (κ1) is 48.5. The van der Waals surface area contributed by atoms with Gasteiger partial charge in [0.05, 0.1) is 38.9 Å². The Hall–Kier alpha value is -7.47. The molecule has 4 heterocycles. The number of nitro benzene ring substituents is 3. The maximum atomic E-state index is 14.4. The van der Waals surface area contributed by atoms with E-state index in [9.17, 15) is 59.4 Å². The summed E-state index contributed by atoms with van der Waals surface area (Å²) in [5.74, 6) is -3.75. The Kier molecular flexibility index (Phi) is 14.7. The molecule has 23 nitrogen and oxygen atoms in total. The van der Waals surface area contributed by atoms with Crippen molar-refractivity contribution in [1.29, 1.82) is 0 Å². The molecule has 3 aromatic carbocycles. The molecule has 3 N–H and O–H groups in total. The number of hydrogen-bond acceptors (Lipinski definition) is 17. The average Bonchev–Trinajstić information content (AvgIpc) is 4.02. The summed E-state index contributed by atoms with van der Waals surface area (Å²) in [4.78, 5) is 109. The number of carbonyl (C=O) groups excluding carboxylic acids is 5. The molecule has 3 aromatic rings. The number of nitrogens with zero attached hydrogens (tertiary/aromatic N) is 7. The number of amides is 3. The molecular weight excluding hydrogens is 913 g/mol. The molecule has 3 saturated heterocycles. The number of nitrogens with two attached hydrogens (primary N) is 1. The van der Waals surface area contributed by atoms with Crippen LogP contribution in [0, 0.1) is 42.2 Å². The van der Waals surface area contributed by atoms with Gasteiger partial charge in [0, 0.05) is 72.1 Å². The molecule has 7 rings (SSSR count). The van der Waals surface area contributed by atoms with Crippen molar-refractivity contribution in [2.24, 2.45) is 22.6 Å². The minimum Gasteiger partial charge on any atom is -0.460 e. The van der Waals surface area contributed by atoms with Crippen LogP contribution in [0.25, 0.3) is 0 Å². The monoisotopic (exact) mass is 958 g/mol. The molecule has 0 radical (unpaired) electrons. The fourth-order valence-electron chi connectivity index (χ4n) is 8.66. The van der Waals surface area contributed by atoms with E-state index in [2.05, 4.69) is 4.99 Å². The third-order valence-electron chi connectivity index (χ3n) is 12.1. The molecule has 7 atom stereocenters. The molecule has 0 aromatic heterocycles. The van der Waals surface area contributed by atoms with Crippen LogP contribution in [-0.4, -0.2) is 119 Å². The number of fused-ring (bicyclic) bond motifs is 1. The van der Waals surface area contributed by atoms with Gasteiger partial charge in [0.2, 0.25) is 11.8 Å². The Balaban J connectivity index is 1.06. The zero-order valence-corrected chi connectivity index (χ0v) is 37.4. The van der Waals surface area contributed by atoms with Gasteiger partial charge in [0.1, 0.15) is 43.8 Å². The molecule has 0 unspecified atom stereocenters. The van der Waals surface area contributed by atoms with Gasteiger partial charge in [-0.1, -0.05) is 6.92 Å². The van der Waals surface area contributed by atoms with Crippen molar-refractivity contribution < 1.29 is 58.1 Å². The lowest BCUT2D eigenvalue weighted by Crippen LogP contribution is -2.63. The second-order valence-corrected chi connectivity index (χ2v) is 18.0. The fraction of sp³-hybridized carbons (Fsp3) is 0.409. The topological polar surface area (TPSA) is 311 Å². The average molecular weight is 959 g/mol. The molecule has 0 saturated carbocycles. The van der Waals surface area contributed by atoms with E-state index in [0.29, 0.717) is 28.0 Å². The maximum Gasteiger partial charge on any atom is 0.410 e. The van der Waals surface area contributed by atoms with E-state index in [1.165, 1.54) is 106 Å². The number of esters is 2. The van der Waals surface area contributed by atoms with Crippen LogP contribution >= 0.6 is 11.8 Å². The molecule has 24 heteroatoms. The molecule has 0 bridgehead atoms. The van der Waals surface area contributed by atoms with Gasteiger partial charge < -0.3 is 34.9 Å². The fourth-order valence-corrected chi connectivity index (χ4v) is 10.2. The van der Waals surface area contributed by atoms with Gasteiger partial charge in [-0.05, 0) is 72.9 Å². The lowest BCUT2D eigenvalue weighted by Gasteiger charge is -2.46. The number of amidine groups is 1. The largest absolute Gasteiger partial charge is 0.460 e. The molecule has 3 fully saturated rings. The highest BCUT2D eigenvalue weighted by Crippen LogP contribution is 2.52. The zero-order valence-electron chi connectivity index (χ0n) is 36.6. The molecular formula is C44H46N8O15S. The number of likely N-dealkylation sites (tertiary alicyclic amines) is 2. The summed E-state index contributed by atoms with van der Waals surface area (Å²) in [6, 6.07) is 14.2. The number of rotatable bonds is 17. The van der Waals surface area contributed by atoms with E-state index in [1.54, 1.807) is 0 Å². The number of hydrogen-bond donors (Lipinski definition) is 2. The molecule has 3 amide bonds. The first-order valence-electron chi connectivity index (χ1n) is 21.4. The summed E-state index contributed by atoms with van der Waals surface area (Å²) >= 11 is 1.21. The van der Waals surface area contributed by atoms with Crippen molar-refractivity contribution in [2.45, 2.75) is 82.4 Å². The summed E-state index contributed by atoms with van der Waals surface area (Å²) in [5, 5.41) is 43.3. The number of thioether (sulfide) groups is 1. The van der Waals surface area contributed by atoms with Crippen LogP contribution in [0.15, 0.2) is 88.4 Å². The number of non-ortho nitro benzene ring substituents is 3. The highest BCUT2D eigenvalue weighted by molar-refractivity contribution is 8.03. The van der Waals surface area contributed by atoms with Crippen LogP contribution < -0.4 is 5.73 Å². The van der Waals surface area contributed by atoms with Gasteiger partial charge in [-0.3, -0.25) is 54.6 Å². The number of aliphatic hydroxyl groups excluding tert-OH is 1. The molecule has 0 aliphatic carbocycles. The number of aliphatic hydroxyl groups is 1. The number of benzene rings is 3. The Bertz CT molecular complexity index is 2560. The van der Waals surface area contributed by atoms with E-state index in [0.717, 1.165) is 0 Å². The second-order valence-electron chi connectivity index (χ2n) is 16.7. The van der Waals surface area contributed by atoms with Crippen LogP contribution in [0.5, 0.6) is 0 Å². The van der Waals surface area contributed by atoms with Crippen molar-refractivity contribution in [3.63, 3.8) is 0 Å². The SMILES string of the molecule is C[C@@H](O)[C@H]1C(=O)N2C(C(=O)OCc3ccc([N+](=O)[O-])cc3)=C(S[C@H]3C[C@@H](C(=O)N4CC[C@H](N=C(N)CC(=O)OCc5ccc([N+](=O)[O-])cc5)C4)N(C(=O)OCc4ccc([N+](=O)[O-])cc4)C3)[C@H](C)[C@H]12. The minimum atomic E-state index is -1.06. The predicted molar refractivity (Wildman–Crippen MR) is 239 cm³/mol. The van der Waals surface area contributed by atoms with Crippen molar-refractivity contribution in [3.8, 4) is 0 Å². The van der Waals surface area contributed by atoms with Gasteiger partial charge in [-0.2, -0.15) is 0 Å². The number of nitro groups is 3. The number of β-lactam (4-membered cyclic amide) rings is 1. The van der Waals surface area contributed by atoms with E-state index in [1.807, 2.05) is 6.92 Å². The van der Waals surface area contributed by atoms with Gasteiger partial charge in [-0.25, -0.2) is 9.59 Å². The van der Waals surface area contributed by atoms with Crippen LogP contribution in [0.2, 0.25) is 0 Å². The highest BCUT2D eigenvalue weighted by Gasteiger charge is 2.61. The van der Waals surface area contributed by atoms with Crippen LogP contribution in [0.3, 0.4) is 0 Å². The Labute approximate surface area is 391 Å². The molecule has 68 heavy (non-hydrogen) atoms. The number of carbonyl (C=O) groups is 5. The minimum absolute atomic E-state index is 0.0335. The second kappa shape index (κ2) is 20.6. The lowest BCUT2D eigenvalue weighted by atomic mass is 9.79. The van der Waals surface area contributed by atoms with Crippen molar-refractivity contribution in [1.82, 2.24) is 14.7 Å². The van der Waals surface area contributed by atoms with Gasteiger partial charge in [-0.15, -0.1) is 11.8 Å². The van der Waals surface area contributed by atoms with E-state index in [4.69, 9.17) is 19.9 Å². The van der Waals surface area contributed by atoms with Gasteiger partial charge in [0.15, 0.2) is 0 Å². The van der Waals surface area contributed by atoms with E-state index < -0.39 is 85.9 Å². The summed E-state index contributed by atoms with van der Waals surface area (Å²) in [6.07, 6.45) is -1.77. The normalized spacial score (nSPS) is 22.6. The Morgan fingerprint density at radius 2 is 1.34 bits per heavy atom. The quantitative estimate of drug-likeness (QED) is 0.0365. The summed E-state index contributed by atoms with van der Waals surface area (Å²) in [5.41, 5.74) is 7.09. The van der Waals surface area contributed by atoms with Crippen molar-refractivity contribution in [3.05, 3.63) is 130 Å². The summed E-state index contributed by atoms with van der Waals surface area (Å²) in [7, 11) is 0. The third-order valence-corrected chi connectivity index (χ3v) is 13.6. The smallest absolute Gasteiger partial charge is 0.410 e. The Morgan fingerprint density at radius 1 is 0.824 bits per heavy atom. The van der Waals surface area contributed by atoms with Crippen molar-refractivity contribution in [2.75, 3.05) is 19.6 Å². The number of aliphatic imine (C=N–C) groups is 1. The zero-order chi connectivity index (χ0) is 49.0. The summed E-state index contributed by atoms with van der Waals surface area (Å²) in [6.45, 7) is 2.91. The van der Waals surface area contributed by atoms with Crippen LogP contribution in [-0.2, 0) is 53.2 Å². The predicted octanol–water partition coefficient (Wildman–Crippen LogP) is 4.13. The summed E-state index contributed by atoms with van der Waals surface area (Å²) < 4.78 is 16.6. The molecule has 4 aliphatic rings. The lowest BCUT2D eigenvalue weighted by molar-refractivity contribution is -0.385. The van der Waals surface area contributed by atoms with Crippen LogP contribution in [0.1, 0.15) is 49.8 Å². The highest BCUT2D eigenvalue weighted by atomic mass is 32.2. The maximum absolute atomic E-state index is 14.4. The van der Waals surface area contributed by atoms with Crippen molar-refractivity contribution >= 4 is 64.5 Å². The van der Waals surface area contributed by atoms with E-state index in [-0.39, 0.29) is 80.9 Å². The van der Waals surface area contributed by atoms with E-state index >= 15 is 0 Å². The standard InChI is InChI=1S/C44H46N8O15S/c1-24-38-37(25(2)53)42(56)49(38)39(43(57)66-22-27-5-11-31(12-6-27)51(61)62)40(24)68-33-17-34(48(20-33)44(58)67-23-28-7-13-32(14-8-28)52(63)64)41(55)47-16-15-29(19-47)46-35(45)18-36(54)65-21-26-3-9-30(10-4-26)50(59)60/h3-14,24-25,29,33-34,37-38,53H,15-23H2,1-2H3,(H2,45,46)/t24-,25-,29+,33+,34+,37-,38-/m1/s1. The Morgan fingerprint density at radius 3 is 1.85 bits per heavy atom. The first-order chi connectivity index (χ1) is 32.4. The molecule has 0 spiro atoms. The first-order valence-corrected chi connectivity index (χ1v) is 22.3. The van der Waals surface area contributed by atoms with Crippen LogP contribution in [0.4, 0.5) is 21.9 Å². The molecule has 4 aliphatic heterocycles. The third kappa shape index (κ3) is 10.7.